The predicted octanol–water partition coefficient (Wildman–Crippen LogP) is 3.26. The molecule has 1 aromatic rings. The van der Waals surface area contributed by atoms with Gasteiger partial charge in [-0.25, -0.2) is 0 Å². The second kappa shape index (κ2) is 6.90. The number of nitrogens with zero attached hydrogens (tertiary/aromatic N) is 1. The SMILES string of the molecule is CCC(CCl)(CCl)NC(=O)c1cc(C)cc([N+](=O)[O-])c1. The van der Waals surface area contributed by atoms with E-state index in [0.717, 1.165) is 0 Å². The van der Waals surface area contributed by atoms with Gasteiger partial charge in [0.1, 0.15) is 0 Å². The molecule has 0 fully saturated rings. The van der Waals surface area contributed by atoms with E-state index in [2.05, 4.69) is 5.32 Å². The summed E-state index contributed by atoms with van der Waals surface area (Å²) in [5.74, 6) is -0.0702. The van der Waals surface area contributed by atoms with E-state index in [9.17, 15) is 14.9 Å². The Morgan fingerprint density at radius 3 is 2.40 bits per heavy atom. The summed E-state index contributed by atoms with van der Waals surface area (Å²) in [5, 5.41) is 13.6. The summed E-state index contributed by atoms with van der Waals surface area (Å²) < 4.78 is 0. The van der Waals surface area contributed by atoms with Crippen LogP contribution in [0.4, 0.5) is 5.69 Å². The van der Waals surface area contributed by atoms with Crippen molar-refractivity contribution in [3.8, 4) is 0 Å². The van der Waals surface area contributed by atoms with Crippen LogP contribution < -0.4 is 5.32 Å². The van der Waals surface area contributed by atoms with Crippen LogP contribution >= 0.6 is 23.2 Å². The molecule has 0 aliphatic rings. The first-order valence-electron chi connectivity index (χ1n) is 6.08. The third-order valence-electron chi connectivity index (χ3n) is 3.10. The van der Waals surface area contributed by atoms with Crippen molar-refractivity contribution in [2.24, 2.45) is 0 Å². The molecule has 0 heterocycles. The van der Waals surface area contributed by atoms with E-state index in [4.69, 9.17) is 23.2 Å². The lowest BCUT2D eigenvalue weighted by Crippen LogP contribution is -2.51. The zero-order valence-corrected chi connectivity index (χ0v) is 12.8. The van der Waals surface area contributed by atoms with Gasteiger partial charge in [-0.2, -0.15) is 0 Å². The first-order valence-corrected chi connectivity index (χ1v) is 7.15. The van der Waals surface area contributed by atoms with Crippen LogP contribution in [0.1, 0.15) is 29.3 Å². The number of carbonyl (C=O) groups is 1. The number of nitro groups is 1. The molecule has 0 aliphatic carbocycles. The molecule has 0 bridgehead atoms. The average molecular weight is 319 g/mol. The highest BCUT2D eigenvalue weighted by Crippen LogP contribution is 2.19. The molecular weight excluding hydrogens is 303 g/mol. The number of hydrogen-bond donors (Lipinski definition) is 1. The standard InChI is InChI=1S/C13H16Cl2N2O3/c1-3-13(7-14,8-15)16-12(18)10-4-9(2)5-11(6-10)17(19)20/h4-6H,3,7-8H2,1-2H3,(H,16,18). The molecule has 0 radical (unpaired) electrons. The van der Waals surface area contributed by atoms with Crippen molar-refractivity contribution in [2.75, 3.05) is 11.8 Å². The number of amides is 1. The van der Waals surface area contributed by atoms with E-state index in [1.807, 2.05) is 6.92 Å². The largest absolute Gasteiger partial charge is 0.344 e. The summed E-state index contributed by atoms with van der Waals surface area (Å²) >= 11 is 11.7. The highest BCUT2D eigenvalue weighted by Gasteiger charge is 2.29. The highest BCUT2D eigenvalue weighted by molar-refractivity contribution is 6.22. The molecule has 1 amide bonds. The minimum Gasteiger partial charge on any atom is -0.344 e. The molecule has 1 aromatic carbocycles. The number of halogens is 2. The van der Waals surface area contributed by atoms with Gasteiger partial charge in [-0.1, -0.05) is 6.92 Å². The van der Waals surface area contributed by atoms with E-state index in [-0.39, 0.29) is 23.0 Å². The van der Waals surface area contributed by atoms with Gasteiger partial charge in [0.15, 0.2) is 0 Å². The number of nitro benzene ring substituents is 1. The Labute approximate surface area is 127 Å². The van der Waals surface area contributed by atoms with Crippen molar-refractivity contribution >= 4 is 34.8 Å². The lowest BCUT2D eigenvalue weighted by Gasteiger charge is -2.29. The zero-order chi connectivity index (χ0) is 15.3. The van der Waals surface area contributed by atoms with Gasteiger partial charge in [-0.05, 0) is 25.0 Å². The number of non-ortho nitro benzene ring substituents is 1. The molecule has 1 N–H and O–H groups in total. The van der Waals surface area contributed by atoms with Crippen molar-refractivity contribution in [3.05, 3.63) is 39.4 Å². The zero-order valence-electron chi connectivity index (χ0n) is 11.3. The number of hydrogen-bond acceptors (Lipinski definition) is 3. The quantitative estimate of drug-likeness (QED) is 0.497. The van der Waals surface area contributed by atoms with Crippen LogP contribution in [0.2, 0.25) is 0 Å². The summed E-state index contributed by atoms with van der Waals surface area (Å²) in [4.78, 5) is 22.5. The molecule has 0 atom stereocenters. The van der Waals surface area contributed by atoms with Crippen molar-refractivity contribution in [3.63, 3.8) is 0 Å². The second-order valence-corrected chi connectivity index (χ2v) is 5.20. The fraction of sp³-hybridized carbons (Fsp3) is 0.462. The van der Waals surface area contributed by atoms with Crippen molar-refractivity contribution in [1.29, 1.82) is 0 Å². The number of rotatable bonds is 6. The van der Waals surface area contributed by atoms with Crippen LogP contribution in [0.3, 0.4) is 0 Å². The Kier molecular flexibility index (Phi) is 5.77. The van der Waals surface area contributed by atoms with E-state index < -0.39 is 16.4 Å². The number of alkyl halides is 2. The Morgan fingerprint density at radius 1 is 1.35 bits per heavy atom. The van der Waals surface area contributed by atoms with Crippen molar-refractivity contribution in [1.82, 2.24) is 5.32 Å². The fourth-order valence-corrected chi connectivity index (χ4v) is 2.49. The fourth-order valence-electron chi connectivity index (χ4n) is 1.69. The van der Waals surface area contributed by atoms with Gasteiger partial charge in [0.05, 0.1) is 10.5 Å². The van der Waals surface area contributed by atoms with Gasteiger partial charge >= 0.3 is 0 Å². The second-order valence-electron chi connectivity index (χ2n) is 4.67. The van der Waals surface area contributed by atoms with E-state index >= 15 is 0 Å². The molecule has 1 rings (SSSR count). The highest BCUT2D eigenvalue weighted by atomic mass is 35.5. The monoisotopic (exact) mass is 318 g/mol. The van der Waals surface area contributed by atoms with Crippen LogP contribution in [-0.4, -0.2) is 28.1 Å². The third-order valence-corrected chi connectivity index (χ3v) is 4.13. The lowest BCUT2D eigenvalue weighted by atomic mass is 10.00. The molecule has 110 valence electrons. The Morgan fingerprint density at radius 2 is 1.95 bits per heavy atom. The smallest absolute Gasteiger partial charge is 0.270 e. The predicted molar refractivity (Wildman–Crippen MR) is 79.8 cm³/mol. The molecule has 7 heteroatoms. The number of carbonyl (C=O) groups excluding carboxylic acids is 1. The minimum atomic E-state index is -0.710. The van der Waals surface area contributed by atoms with Gasteiger partial charge < -0.3 is 5.32 Å². The van der Waals surface area contributed by atoms with Crippen LogP contribution in [0, 0.1) is 17.0 Å². The maximum absolute atomic E-state index is 12.2. The maximum atomic E-state index is 12.2. The minimum absolute atomic E-state index is 0.117. The Balaban J connectivity index is 3.06. The van der Waals surface area contributed by atoms with Crippen LogP contribution in [0.15, 0.2) is 18.2 Å². The normalized spacial score (nSPS) is 11.2. The van der Waals surface area contributed by atoms with E-state index in [1.54, 1.807) is 13.0 Å². The van der Waals surface area contributed by atoms with E-state index in [0.29, 0.717) is 12.0 Å². The number of benzene rings is 1. The van der Waals surface area contributed by atoms with Crippen LogP contribution in [0.25, 0.3) is 0 Å². The molecule has 0 spiro atoms. The Hall–Kier alpha value is -1.33. The van der Waals surface area contributed by atoms with Crippen molar-refractivity contribution in [2.45, 2.75) is 25.8 Å². The number of nitrogens with one attached hydrogen (secondary N) is 1. The number of aryl methyl sites for hydroxylation is 1. The molecule has 5 nitrogen and oxygen atoms in total. The summed E-state index contributed by atoms with van der Waals surface area (Å²) in [7, 11) is 0. The van der Waals surface area contributed by atoms with Crippen molar-refractivity contribution < 1.29 is 9.72 Å². The summed E-state index contributed by atoms with van der Waals surface area (Å²) in [5.41, 5.74) is 0.0422. The van der Waals surface area contributed by atoms with Gasteiger partial charge in [0.2, 0.25) is 0 Å². The summed E-state index contributed by atoms with van der Waals surface area (Å²) in [6, 6.07) is 4.24. The molecule has 0 unspecified atom stereocenters. The maximum Gasteiger partial charge on any atom is 0.270 e. The summed E-state index contributed by atoms with van der Waals surface area (Å²) in [6.07, 6.45) is 0.569. The molecule has 0 aromatic heterocycles. The third kappa shape index (κ3) is 3.84. The average Bonchev–Trinajstić information content (AvgIpc) is 2.44. The molecular formula is C13H16Cl2N2O3. The first-order chi connectivity index (χ1) is 9.37. The molecule has 0 aliphatic heterocycles. The summed E-state index contributed by atoms with van der Waals surface area (Å²) in [6.45, 7) is 3.56. The van der Waals surface area contributed by atoms with Crippen LogP contribution in [-0.2, 0) is 0 Å². The van der Waals surface area contributed by atoms with Gasteiger partial charge in [-0.3, -0.25) is 14.9 Å². The molecule has 0 saturated carbocycles. The topological polar surface area (TPSA) is 72.2 Å². The van der Waals surface area contributed by atoms with E-state index in [1.165, 1.54) is 12.1 Å². The Bertz CT molecular complexity index is 508. The molecule has 0 saturated heterocycles. The van der Waals surface area contributed by atoms with Gasteiger partial charge in [-0.15, -0.1) is 23.2 Å². The first kappa shape index (κ1) is 16.7. The molecule has 20 heavy (non-hydrogen) atoms. The van der Waals surface area contributed by atoms with Gasteiger partial charge in [0.25, 0.3) is 11.6 Å². The van der Waals surface area contributed by atoms with Crippen LogP contribution in [0.5, 0.6) is 0 Å². The van der Waals surface area contributed by atoms with Gasteiger partial charge in [0, 0.05) is 29.5 Å². The lowest BCUT2D eigenvalue weighted by molar-refractivity contribution is -0.384.